The zero-order valence-corrected chi connectivity index (χ0v) is 20.3. The number of carbonyl (C=O) groups is 1. The topological polar surface area (TPSA) is 56.5 Å². The van der Waals surface area contributed by atoms with Gasteiger partial charge in [0.15, 0.2) is 0 Å². The number of rotatable bonds is 11. The molecule has 2 aromatic rings. The summed E-state index contributed by atoms with van der Waals surface area (Å²) in [6.45, 7) is 4.21. The molecule has 31 heavy (non-hydrogen) atoms. The number of ether oxygens (including phenoxy) is 1. The molecule has 6 heteroatoms. The Morgan fingerprint density at radius 2 is 1.87 bits per heavy atom. The van der Waals surface area contributed by atoms with Crippen LogP contribution in [0.5, 0.6) is 0 Å². The van der Waals surface area contributed by atoms with Crippen LogP contribution in [0.4, 0.5) is 0 Å². The number of hydrogen-bond acceptors (Lipinski definition) is 6. The number of thioether (sulfide) groups is 2. The van der Waals surface area contributed by atoms with Crippen molar-refractivity contribution in [2.75, 3.05) is 12.4 Å². The lowest BCUT2D eigenvalue weighted by molar-refractivity contribution is -0.147. The number of fused-ring (bicyclic) bond motifs is 1. The third-order valence-electron chi connectivity index (χ3n) is 5.54. The summed E-state index contributed by atoms with van der Waals surface area (Å²) in [4.78, 5) is 25.7. The predicted octanol–water partition coefficient (Wildman–Crippen LogP) is 7.07. The van der Waals surface area contributed by atoms with Crippen molar-refractivity contribution < 1.29 is 13.9 Å². The van der Waals surface area contributed by atoms with Gasteiger partial charge in [-0.25, -0.2) is 4.79 Å². The normalized spacial score (nSPS) is 14.9. The van der Waals surface area contributed by atoms with Gasteiger partial charge < -0.3 is 9.15 Å². The number of esters is 1. The Hall–Kier alpha value is -1.40. The highest BCUT2D eigenvalue weighted by atomic mass is 32.2. The van der Waals surface area contributed by atoms with Crippen molar-refractivity contribution in [3.05, 3.63) is 34.7 Å². The fraction of sp³-hybridized carbons (Fsp3) is 0.600. The molecule has 0 atom stereocenters. The largest absolute Gasteiger partial charge is 0.465 e. The van der Waals surface area contributed by atoms with Crippen LogP contribution in [0, 0.1) is 5.92 Å². The predicted molar refractivity (Wildman–Crippen MR) is 130 cm³/mol. The maximum Gasteiger partial charge on any atom is 0.337 e. The van der Waals surface area contributed by atoms with E-state index in [1.54, 1.807) is 17.8 Å². The van der Waals surface area contributed by atoms with Gasteiger partial charge in [0.05, 0.1) is 12.5 Å². The third kappa shape index (κ3) is 7.90. The summed E-state index contributed by atoms with van der Waals surface area (Å²) in [5.41, 5.74) is 0.421. The van der Waals surface area contributed by atoms with Gasteiger partial charge in [-0.2, -0.15) is 0 Å². The van der Waals surface area contributed by atoms with Gasteiger partial charge >= 0.3 is 11.6 Å². The van der Waals surface area contributed by atoms with Crippen LogP contribution >= 0.6 is 23.5 Å². The quantitative estimate of drug-likeness (QED) is 0.154. The molecule has 0 spiro atoms. The van der Waals surface area contributed by atoms with Gasteiger partial charge in [-0.05, 0) is 49.6 Å². The van der Waals surface area contributed by atoms with E-state index in [-0.39, 0.29) is 17.5 Å². The molecular weight excluding hydrogens is 428 g/mol. The molecule has 4 nitrogen and oxygen atoms in total. The second-order valence-corrected chi connectivity index (χ2v) is 11.1. The lowest BCUT2D eigenvalue weighted by atomic mass is 10.0. The van der Waals surface area contributed by atoms with E-state index in [2.05, 4.69) is 12.1 Å². The third-order valence-corrected chi connectivity index (χ3v) is 8.02. The fourth-order valence-electron chi connectivity index (χ4n) is 3.76. The molecule has 0 aliphatic heterocycles. The van der Waals surface area contributed by atoms with Crippen molar-refractivity contribution in [3.63, 3.8) is 0 Å². The minimum absolute atomic E-state index is 0.0586. The number of unbranched alkanes of at least 4 members (excludes halogenated alkanes) is 3. The Morgan fingerprint density at radius 3 is 2.65 bits per heavy atom. The van der Waals surface area contributed by atoms with Gasteiger partial charge in [-0.15, -0.1) is 23.5 Å². The van der Waals surface area contributed by atoms with Crippen LogP contribution in [0.25, 0.3) is 11.0 Å². The minimum atomic E-state index is -0.276. The summed E-state index contributed by atoms with van der Waals surface area (Å²) < 4.78 is 10.7. The Morgan fingerprint density at radius 1 is 1.10 bits per heavy atom. The second-order valence-electron chi connectivity index (χ2n) is 8.55. The highest BCUT2D eigenvalue weighted by molar-refractivity contribution is 8.00. The summed E-state index contributed by atoms with van der Waals surface area (Å²) in [6, 6.07) is 7.93. The summed E-state index contributed by atoms with van der Waals surface area (Å²) >= 11 is 3.65. The highest BCUT2D eigenvalue weighted by Gasteiger charge is 2.15. The zero-order chi connectivity index (χ0) is 22.1. The monoisotopic (exact) mass is 462 g/mol. The molecule has 1 heterocycles. The molecule has 1 fully saturated rings. The van der Waals surface area contributed by atoms with Crippen molar-refractivity contribution in [2.24, 2.45) is 5.92 Å². The molecule has 1 aromatic heterocycles. The lowest BCUT2D eigenvalue weighted by Gasteiger charge is -2.21. The average Bonchev–Trinajstić information content (AvgIpc) is 2.75. The van der Waals surface area contributed by atoms with Crippen LogP contribution in [-0.4, -0.2) is 23.6 Å². The lowest BCUT2D eigenvalue weighted by Crippen LogP contribution is -2.12. The molecule has 0 unspecified atom stereocenters. The van der Waals surface area contributed by atoms with Crippen LogP contribution in [-0.2, 0) is 9.53 Å². The van der Waals surface area contributed by atoms with Gasteiger partial charge in [0.25, 0.3) is 0 Å². The van der Waals surface area contributed by atoms with Crippen LogP contribution in [0.1, 0.15) is 71.6 Å². The molecule has 1 aliphatic carbocycles. The van der Waals surface area contributed by atoms with Gasteiger partial charge in [-0.3, -0.25) is 4.79 Å². The van der Waals surface area contributed by atoms with Crippen LogP contribution in [0.3, 0.4) is 0 Å². The molecule has 1 saturated carbocycles. The first-order chi connectivity index (χ1) is 15.0. The fourth-order valence-corrected chi connectivity index (χ4v) is 6.11. The van der Waals surface area contributed by atoms with E-state index >= 15 is 0 Å². The summed E-state index contributed by atoms with van der Waals surface area (Å²) in [5, 5.41) is 1.71. The van der Waals surface area contributed by atoms with E-state index in [0.29, 0.717) is 17.4 Å². The average molecular weight is 463 g/mol. The van der Waals surface area contributed by atoms with Crippen molar-refractivity contribution >= 4 is 40.5 Å². The maximum absolute atomic E-state index is 12.1. The summed E-state index contributed by atoms with van der Waals surface area (Å²) in [7, 11) is 0. The standard InChI is InChI=1S/C25H34O4S2/c1-18(2)25(27)28-14-8-3-4-9-15-30-23-17-24(26)29-22-16-20(12-13-21(22)23)31-19-10-6-5-7-11-19/h12-13,16-19H,3-11,14-15H2,1-2H3. The molecule has 1 aromatic carbocycles. The molecule has 0 N–H and O–H groups in total. The van der Waals surface area contributed by atoms with Crippen LogP contribution in [0.15, 0.2) is 43.3 Å². The van der Waals surface area contributed by atoms with Gasteiger partial charge in [0.2, 0.25) is 0 Å². The first kappa shape index (κ1) is 24.2. The van der Waals surface area contributed by atoms with Crippen LogP contribution < -0.4 is 5.63 Å². The van der Waals surface area contributed by atoms with Crippen molar-refractivity contribution in [2.45, 2.75) is 86.7 Å². The van der Waals surface area contributed by atoms with E-state index in [1.807, 2.05) is 31.7 Å². The Labute approximate surface area is 193 Å². The summed E-state index contributed by atoms with van der Waals surface area (Å²) in [6.07, 6.45) is 10.7. The first-order valence-corrected chi connectivity index (χ1v) is 13.4. The highest BCUT2D eigenvalue weighted by Crippen LogP contribution is 2.36. The molecule has 0 bridgehead atoms. The Kier molecular flexibility index (Phi) is 9.85. The summed E-state index contributed by atoms with van der Waals surface area (Å²) in [5.74, 6) is 0.783. The Bertz CT molecular complexity index is 900. The molecule has 0 saturated heterocycles. The van der Waals surface area contributed by atoms with Gasteiger partial charge in [0.1, 0.15) is 5.58 Å². The Balaban J connectivity index is 1.46. The smallest absolute Gasteiger partial charge is 0.337 e. The van der Waals surface area contributed by atoms with Crippen molar-refractivity contribution in [1.82, 2.24) is 0 Å². The SMILES string of the molecule is CC(C)C(=O)OCCCCCCSc1cc(=O)oc2cc(SC3CCCCC3)ccc12. The van der Waals surface area contributed by atoms with E-state index < -0.39 is 0 Å². The number of hydrogen-bond donors (Lipinski definition) is 0. The number of benzene rings is 1. The molecule has 3 rings (SSSR count). The van der Waals surface area contributed by atoms with Gasteiger partial charge in [0, 0.05) is 26.5 Å². The molecule has 0 radical (unpaired) electrons. The number of carbonyl (C=O) groups excluding carboxylic acids is 1. The zero-order valence-electron chi connectivity index (χ0n) is 18.7. The molecule has 0 amide bonds. The van der Waals surface area contributed by atoms with Crippen molar-refractivity contribution in [1.29, 1.82) is 0 Å². The van der Waals surface area contributed by atoms with Crippen LogP contribution in [0.2, 0.25) is 0 Å². The van der Waals surface area contributed by atoms with Gasteiger partial charge in [-0.1, -0.05) is 46.0 Å². The molecular formula is C25H34O4S2. The first-order valence-electron chi connectivity index (χ1n) is 11.6. The minimum Gasteiger partial charge on any atom is -0.465 e. The molecule has 170 valence electrons. The second kappa shape index (κ2) is 12.6. The van der Waals surface area contributed by atoms with E-state index in [4.69, 9.17) is 9.15 Å². The van der Waals surface area contributed by atoms with E-state index in [1.165, 1.54) is 37.0 Å². The molecule has 1 aliphatic rings. The van der Waals surface area contributed by atoms with E-state index in [9.17, 15) is 9.59 Å². The van der Waals surface area contributed by atoms with Crippen molar-refractivity contribution in [3.8, 4) is 0 Å². The van der Waals surface area contributed by atoms with E-state index in [0.717, 1.165) is 41.7 Å². The maximum atomic E-state index is 12.1.